The Morgan fingerprint density at radius 2 is 1.88 bits per heavy atom. The van der Waals surface area contributed by atoms with E-state index >= 15 is 0 Å². The molecule has 4 fully saturated rings. The predicted molar refractivity (Wildman–Crippen MR) is 95.9 cm³/mol. The zero-order valence-electron chi connectivity index (χ0n) is 15.0. The molecule has 2 bridgehead atoms. The van der Waals surface area contributed by atoms with Gasteiger partial charge in [-0.25, -0.2) is 4.79 Å². The highest BCUT2D eigenvalue weighted by Crippen LogP contribution is 2.65. The van der Waals surface area contributed by atoms with E-state index in [1.54, 1.807) is 0 Å². The summed E-state index contributed by atoms with van der Waals surface area (Å²) >= 11 is 0. The molecule has 2 amide bonds. The molecule has 0 spiro atoms. The predicted octanol–water partition coefficient (Wildman–Crippen LogP) is 2.51. The van der Waals surface area contributed by atoms with E-state index in [0.717, 1.165) is 55.5 Å². The van der Waals surface area contributed by atoms with Gasteiger partial charge in [-0.2, -0.15) is 0 Å². The van der Waals surface area contributed by atoms with E-state index in [1.165, 1.54) is 19.3 Å². The topological polar surface area (TPSA) is 48.5 Å². The van der Waals surface area contributed by atoms with E-state index in [4.69, 9.17) is 0 Å². The number of nitrogens with zero attached hydrogens (tertiary/aromatic N) is 3. The van der Waals surface area contributed by atoms with Crippen LogP contribution in [0.15, 0.2) is 24.4 Å². The van der Waals surface area contributed by atoms with Crippen LogP contribution in [-0.4, -0.2) is 53.0 Å². The number of hydrogen-bond acceptors (Lipinski definition) is 3. The summed E-state index contributed by atoms with van der Waals surface area (Å²) in [6.07, 6.45) is 6.10. The fraction of sp³-hybridized carbons (Fsp3) is 0.700. The Morgan fingerprint density at radius 3 is 2.52 bits per heavy atom. The number of rotatable bonds is 3. The van der Waals surface area contributed by atoms with Crippen LogP contribution in [0.5, 0.6) is 0 Å². The van der Waals surface area contributed by atoms with Crippen LogP contribution in [0.2, 0.25) is 0 Å². The lowest BCUT2D eigenvalue weighted by molar-refractivity contribution is 0.112. The third-order valence-corrected chi connectivity index (χ3v) is 7.29. The van der Waals surface area contributed by atoms with Crippen LogP contribution in [0.3, 0.4) is 0 Å². The lowest BCUT2D eigenvalue weighted by atomic mass is 10.0. The number of carbonyl (C=O) groups is 1. The molecule has 3 saturated carbocycles. The average Bonchev–Trinajstić information content (AvgIpc) is 3.03. The van der Waals surface area contributed by atoms with Crippen molar-refractivity contribution in [1.82, 2.24) is 20.1 Å². The lowest BCUT2D eigenvalue weighted by Gasteiger charge is -2.37. The second-order valence-corrected chi connectivity index (χ2v) is 8.42. The summed E-state index contributed by atoms with van der Waals surface area (Å²) in [5.74, 6) is 3.45. The molecule has 1 aromatic rings. The normalized spacial score (nSPS) is 37.6. The van der Waals surface area contributed by atoms with Crippen molar-refractivity contribution >= 4 is 6.03 Å². The first-order valence-corrected chi connectivity index (χ1v) is 9.93. The number of pyridine rings is 1. The van der Waals surface area contributed by atoms with Crippen molar-refractivity contribution in [2.45, 2.75) is 38.3 Å². The van der Waals surface area contributed by atoms with Crippen LogP contribution in [0, 0.1) is 23.7 Å². The summed E-state index contributed by atoms with van der Waals surface area (Å²) in [5.41, 5.74) is 1.11. The number of fused-ring (bicyclic) bond motifs is 5. The maximum atomic E-state index is 12.6. The van der Waals surface area contributed by atoms with Gasteiger partial charge in [-0.1, -0.05) is 6.07 Å². The molecule has 134 valence electrons. The van der Waals surface area contributed by atoms with E-state index in [-0.39, 0.29) is 6.03 Å². The maximum Gasteiger partial charge on any atom is 0.317 e. The zero-order valence-corrected chi connectivity index (χ0v) is 15.0. The molecular formula is C20H28N4O. The highest BCUT2D eigenvalue weighted by atomic mass is 16.2. The SMILES string of the molecule is CC(c1ccccn1)N1CCN(C(=O)NC2C3C4CCC(C4)C23)CC1. The third-order valence-electron chi connectivity index (χ3n) is 7.29. The molecule has 4 aliphatic rings. The van der Waals surface area contributed by atoms with Gasteiger partial charge in [0.25, 0.3) is 0 Å². The van der Waals surface area contributed by atoms with E-state index < -0.39 is 0 Å². The van der Waals surface area contributed by atoms with Gasteiger partial charge in [0, 0.05) is 44.5 Å². The van der Waals surface area contributed by atoms with Gasteiger partial charge in [-0.05, 0) is 62.0 Å². The highest BCUT2D eigenvalue weighted by molar-refractivity contribution is 5.75. The molecule has 5 unspecified atom stereocenters. The van der Waals surface area contributed by atoms with Gasteiger partial charge in [-0.3, -0.25) is 9.88 Å². The minimum absolute atomic E-state index is 0.170. The average molecular weight is 340 g/mol. The molecule has 1 aromatic heterocycles. The van der Waals surface area contributed by atoms with Crippen LogP contribution >= 0.6 is 0 Å². The maximum absolute atomic E-state index is 12.6. The largest absolute Gasteiger partial charge is 0.335 e. The number of carbonyl (C=O) groups excluding carboxylic acids is 1. The molecule has 1 N–H and O–H groups in total. The van der Waals surface area contributed by atoms with E-state index in [2.05, 4.69) is 28.2 Å². The molecule has 5 nitrogen and oxygen atoms in total. The minimum Gasteiger partial charge on any atom is -0.335 e. The van der Waals surface area contributed by atoms with E-state index in [9.17, 15) is 4.79 Å². The Kier molecular flexibility index (Phi) is 3.73. The van der Waals surface area contributed by atoms with Crippen LogP contribution in [-0.2, 0) is 0 Å². The molecule has 1 saturated heterocycles. The molecule has 5 heteroatoms. The van der Waals surface area contributed by atoms with Crippen LogP contribution in [0.25, 0.3) is 0 Å². The summed E-state index contributed by atoms with van der Waals surface area (Å²) < 4.78 is 0. The number of nitrogens with one attached hydrogen (secondary N) is 1. The molecular weight excluding hydrogens is 312 g/mol. The quantitative estimate of drug-likeness (QED) is 0.920. The van der Waals surface area contributed by atoms with Crippen LogP contribution in [0.1, 0.15) is 37.9 Å². The van der Waals surface area contributed by atoms with Crippen molar-refractivity contribution < 1.29 is 4.79 Å². The highest BCUT2D eigenvalue weighted by Gasteiger charge is 2.65. The summed E-state index contributed by atoms with van der Waals surface area (Å²) in [7, 11) is 0. The molecule has 1 aliphatic heterocycles. The van der Waals surface area contributed by atoms with Crippen LogP contribution < -0.4 is 5.32 Å². The fourth-order valence-corrected chi connectivity index (χ4v) is 5.87. The van der Waals surface area contributed by atoms with Gasteiger partial charge >= 0.3 is 6.03 Å². The standard InChI is InChI=1S/C20H28N4O/c1-13(16-4-2-3-7-21-16)23-8-10-24(11-9-23)20(25)22-19-17-14-5-6-15(12-14)18(17)19/h2-4,7,13-15,17-19H,5-6,8-12H2,1H3,(H,22,25). The van der Waals surface area contributed by atoms with Crippen molar-refractivity contribution in [1.29, 1.82) is 0 Å². The van der Waals surface area contributed by atoms with Crippen LogP contribution in [0.4, 0.5) is 4.79 Å². The Morgan fingerprint density at radius 1 is 1.16 bits per heavy atom. The second kappa shape index (κ2) is 5.97. The minimum atomic E-state index is 0.170. The summed E-state index contributed by atoms with van der Waals surface area (Å²) in [6.45, 7) is 5.69. The Hall–Kier alpha value is -1.62. The van der Waals surface area contributed by atoms with Crippen molar-refractivity contribution in [2.75, 3.05) is 26.2 Å². The Bertz CT molecular complexity index is 626. The molecule has 5 rings (SSSR count). The van der Waals surface area contributed by atoms with Gasteiger partial charge in [0.1, 0.15) is 0 Å². The summed E-state index contributed by atoms with van der Waals surface area (Å²) in [6, 6.07) is 7.06. The molecule has 2 heterocycles. The zero-order chi connectivity index (χ0) is 17.0. The number of piperazine rings is 1. The Balaban J connectivity index is 1.13. The number of amides is 2. The van der Waals surface area contributed by atoms with Gasteiger partial charge in [0.05, 0.1) is 5.69 Å². The molecule has 0 aromatic carbocycles. The summed E-state index contributed by atoms with van der Waals surface area (Å²) in [5, 5.41) is 3.36. The number of hydrogen-bond donors (Lipinski definition) is 1. The Labute approximate surface area is 149 Å². The first-order chi connectivity index (χ1) is 12.2. The van der Waals surface area contributed by atoms with Crippen molar-refractivity contribution in [3.63, 3.8) is 0 Å². The van der Waals surface area contributed by atoms with Crippen molar-refractivity contribution in [2.24, 2.45) is 23.7 Å². The van der Waals surface area contributed by atoms with Gasteiger partial charge in [0.2, 0.25) is 0 Å². The summed E-state index contributed by atoms with van der Waals surface area (Å²) in [4.78, 5) is 21.6. The smallest absolute Gasteiger partial charge is 0.317 e. The third kappa shape index (κ3) is 2.64. The first-order valence-electron chi connectivity index (χ1n) is 9.93. The second-order valence-electron chi connectivity index (χ2n) is 8.42. The first kappa shape index (κ1) is 15.6. The monoisotopic (exact) mass is 340 g/mol. The molecule has 5 atom stereocenters. The lowest BCUT2D eigenvalue weighted by Crippen LogP contribution is -2.53. The van der Waals surface area contributed by atoms with E-state index in [0.29, 0.717) is 12.1 Å². The molecule has 3 aliphatic carbocycles. The molecule has 25 heavy (non-hydrogen) atoms. The van der Waals surface area contributed by atoms with E-state index in [1.807, 2.05) is 23.2 Å². The van der Waals surface area contributed by atoms with Gasteiger partial charge in [-0.15, -0.1) is 0 Å². The van der Waals surface area contributed by atoms with Crippen molar-refractivity contribution in [3.8, 4) is 0 Å². The van der Waals surface area contributed by atoms with Crippen molar-refractivity contribution in [3.05, 3.63) is 30.1 Å². The molecule has 0 radical (unpaired) electrons. The number of aromatic nitrogens is 1. The fourth-order valence-electron chi connectivity index (χ4n) is 5.87. The number of urea groups is 1. The van der Waals surface area contributed by atoms with Gasteiger partial charge in [0.15, 0.2) is 0 Å². The van der Waals surface area contributed by atoms with Gasteiger partial charge < -0.3 is 10.2 Å².